The van der Waals surface area contributed by atoms with Gasteiger partial charge >= 0.3 is 0 Å². The number of carbonyl (C=O) groups excluding carboxylic acids is 5. The molecule has 124 heavy (non-hydrogen) atoms. The highest BCUT2D eigenvalue weighted by molar-refractivity contribution is 8.00. The molecule has 13 rings (SSSR count). The number of phenolic OH excluding ortho intramolecular Hbond substituents is 5. The van der Waals surface area contributed by atoms with E-state index < -0.39 is 0 Å². The fourth-order valence-corrected chi connectivity index (χ4v) is 17.0. The van der Waals surface area contributed by atoms with Gasteiger partial charge in [-0.1, -0.05) is 146 Å². The van der Waals surface area contributed by atoms with Gasteiger partial charge in [0, 0.05) is 114 Å². The van der Waals surface area contributed by atoms with Gasteiger partial charge in [-0.2, -0.15) is 0 Å². The highest BCUT2D eigenvalue weighted by atomic mass is 32.2. The first-order chi connectivity index (χ1) is 60.3. The third-order valence-corrected chi connectivity index (χ3v) is 25.0. The smallest absolute Gasteiger partial charge is 0.228 e. The van der Waals surface area contributed by atoms with Gasteiger partial charge in [-0.15, -0.1) is 58.8 Å². The van der Waals surface area contributed by atoms with Gasteiger partial charge in [0.05, 0.1) is 37.1 Å². The summed E-state index contributed by atoms with van der Waals surface area (Å²) in [5, 5.41) is 46.4. The van der Waals surface area contributed by atoms with E-state index in [1.165, 1.54) is 11.1 Å². The van der Waals surface area contributed by atoms with Gasteiger partial charge < -0.3 is 45.1 Å². The van der Waals surface area contributed by atoms with Gasteiger partial charge in [0.15, 0.2) is 0 Å². The Morgan fingerprint density at radius 3 is 1.11 bits per heavy atom. The number of nitrogens with zero attached hydrogens (tertiary/aromatic N) is 8. The van der Waals surface area contributed by atoms with Crippen molar-refractivity contribution in [2.75, 3.05) is 67.9 Å². The van der Waals surface area contributed by atoms with E-state index >= 15 is 0 Å². The second kappa shape index (κ2) is 54.0. The summed E-state index contributed by atoms with van der Waals surface area (Å²) in [7, 11) is 5.56. The number of hydrogen-bond donors (Lipinski definition) is 5. The van der Waals surface area contributed by atoms with Crippen LogP contribution >= 0.6 is 58.8 Å². The Morgan fingerprint density at radius 1 is 0.371 bits per heavy atom. The van der Waals surface area contributed by atoms with Crippen molar-refractivity contribution in [3.05, 3.63) is 355 Å². The van der Waals surface area contributed by atoms with E-state index in [4.69, 9.17) is 0 Å². The first-order valence-corrected chi connectivity index (χ1v) is 46.3. The lowest BCUT2D eigenvalue weighted by molar-refractivity contribution is -0.133. The van der Waals surface area contributed by atoms with Gasteiger partial charge in [-0.25, -0.2) is 0 Å². The van der Waals surface area contributed by atoms with E-state index in [-0.39, 0.29) is 64.3 Å². The third kappa shape index (κ3) is 34.9. The Kier molecular flexibility index (Phi) is 41.9. The van der Waals surface area contributed by atoms with E-state index in [1.807, 2.05) is 237 Å². The molecule has 1 aliphatic heterocycles. The lowest BCUT2D eigenvalue weighted by atomic mass is 9.97. The minimum atomic E-state index is -0.0837. The fourth-order valence-electron chi connectivity index (χ4n) is 12.7. The number of amides is 5. The number of hydrogen-bond acceptors (Lipinski definition) is 18. The second-order valence-electron chi connectivity index (χ2n) is 28.9. The summed E-state index contributed by atoms with van der Waals surface area (Å²) >= 11 is 8.49. The maximum Gasteiger partial charge on any atom is 0.228 e. The summed E-state index contributed by atoms with van der Waals surface area (Å²) in [5.41, 5.74) is 8.30. The average Bonchev–Trinajstić information content (AvgIpc) is 0.889. The summed E-state index contributed by atoms with van der Waals surface area (Å²) in [6, 6.07) is 95.1. The van der Waals surface area contributed by atoms with Crippen molar-refractivity contribution in [3.63, 3.8) is 0 Å². The van der Waals surface area contributed by atoms with Crippen LogP contribution in [-0.2, 0) is 43.6 Å². The van der Waals surface area contributed by atoms with Crippen LogP contribution in [0.3, 0.4) is 0 Å². The fraction of sp³-hybridized carbons (Fsp3) is 0.248. The molecule has 3 heterocycles. The number of para-hydroxylation sites is 1. The zero-order chi connectivity index (χ0) is 87.9. The van der Waals surface area contributed by atoms with E-state index in [1.54, 1.807) is 147 Å². The molecule has 0 unspecified atom stereocenters. The number of anilines is 1. The number of aromatic hydroxyl groups is 5. The van der Waals surface area contributed by atoms with Crippen molar-refractivity contribution < 1.29 is 49.5 Å². The lowest BCUT2D eigenvalue weighted by Gasteiger charge is -2.29. The normalized spacial score (nSPS) is 11.2. The Balaban J connectivity index is 0.000000176. The minimum Gasteiger partial charge on any atom is -0.508 e. The van der Waals surface area contributed by atoms with E-state index in [0.29, 0.717) is 64.8 Å². The van der Waals surface area contributed by atoms with Crippen molar-refractivity contribution in [3.8, 4) is 28.7 Å². The molecule has 644 valence electrons. The van der Waals surface area contributed by atoms with Gasteiger partial charge in [0.2, 0.25) is 29.5 Å². The number of aromatic nitrogens is 2. The molecule has 0 aliphatic carbocycles. The maximum atomic E-state index is 12.9. The molecule has 0 fully saturated rings. The van der Waals surface area contributed by atoms with E-state index in [0.717, 1.165) is 125 Å². The molecule has 0 spiro atoms. The lowest BCUT2D eigenvalue weighted by Crippen LogP contribution is -2.34. The molecule has 0 saturated heterocycles. The van der Waals surface area contributed by atoms with Crippen LogP contribution in [0.1, 0.15) is 109 Å². The predicted molar refractivity (Wildman–Crippen MR) is 508 cm³/mol. The number of carbonyl (C=O) groups is 5. The van der Waals surface area contributed by atoms with Crippen molar-refractivity contribution in [2.45, 2.75) is 121 Å². The van der Waals surface area contributed by atoms with Gasteiger partial charge in [-0.3, -0.25) is 43.8 Å². The van der Waals surface area contributed by atoms with Crippen molar-refractivity contribution in [1.29, 1.82) is 0 Å². The van der Waals surface area contributed by atoms with Crippen molar-refractivity contribution in [2.24, 2.45) is 4.99 Å². The SMILES string of the molecule is CN(C(=O)CCCSc1ccc(O)cc1)C(c1ccccc1)c1ccccc1.CN(C(=O)CCCSc1ccc(O)cc1)c1ccccc1.Cc1ccccc1CN(C)C(=O)CCCSc1ccc(O)cc1.O=C(CCCSc1ccc(O)cc1)N(Cc1ccccn1)Cc1ccccn1.O=C(CCCSc1ccc(O)cc1)N1CCN=C1c1ccccc1. The maximum absolute atomic E-state index is 12.9. The van der Waals surface area contributed by atoms with Crippen LogP contribution in [0.25, 0.3) is 0 Å². The van der Waals surface area contributed by atoms with Crippen molar-refractivity contribution in [1.82, 2.24) is 29.6 Å². The summed E-state index contributed by atoms with van der Waals surface area (Å²) in [6.45, 7) is 5.04. The number of rotatable bonds is 36. The third-order valence-electron chi connectivity index (χ3n) is 19.5. The van der Waals surface area contributed by atoms with Crippen LogP contribution in [0.2, 0.25) is 0 Å². The number of thioether (sulfide) groups is 5. The molecule has 18 nitrogen and oxygen atoms in total. The molecule has 5 amide bonds. The summed E-state index contributed by atoms with van der Waals surface area (Å²) in [5.74, 6) is 7.23. The van der Waals surface area contributed by atoms with Crippen LogP contribution < -0.4 is 4.90 Å². The Hall–Kier alpha value is -11.7. The predicted octanol–water partition coefficient (Wildman–Crippen LogP) is 21.5. The molecular weight excluding hydrogens is 1650 g/mol. The standard InChI is InChI=1S/C24H25NO2S.C22H23N3O2S.C19H20N2O2S.C19H23NO2S.C17H19NO2S/c1-25(23(27)13-8-18-28-22-16-14-21(26)15-17-22)24(19-9-4-2-5-10-19)20-11-6-3-7-12-20;26-20-9-11-21(12-10-20)28-15-5-8-22(27)25(16-18-6-1-3-13-23-18)17-19-7-2-4-14-24-19;22-16-8-10-17(11-9-16)24-14-4-7-18(23)21-13-12-20-19(21)15-5-2-1-3-6-15;1-15-6-3-4-7-16(15)14-20(2)19(22)8-5-13-23-18-11-9-17(21)10-12-18;1-18(14-6-3-2-4-7-14)17(20)8-5-13-21-16-11-9-15(19)10-12-16/h2-7,9-12,14-17,24,26H,8,13,18H2,1H3;1-4,6-7,9-14,26H,5,8,15-17H2;1-3,5-6,8-11,22H,4,7,12-14H2;3-4,6-7,9-12,21H,5,8,13-14H2,1-2H3;2-4,6-7,9-12,19H,5,8,13H2,1H3. The number of pyridine rings is 2. The van der Waals surface area contributed by atoms with Crippen LogP contribution in [0.15, 0.2) is 345 Å². The highest BCUT2D eigenvalue weighted by Gasteiger charge is 2.26. The number of benzene rings is 10. The average molecular weight is 1760 g/mol. The zero-order valence-corrected chi connectivity index (χ0v) is 74.7. The van der Waals surface area contributed by atoms with Crippen LogP contribution in [-0.4, -0.2) is 153 Å². The Morgan fingerprint density at radius 2 is 0.718 bits per heavy atom. The molecule has 0 saturated carbocycles. The topological polar surface area (TPSA) is 241 Å². The van der Waals surface area contributed by atoms with Crippen LogP contribution in [0.4, 0.5) is 5.69 Å². The molecular formula is C101H110N8O10S5. The molecule has 0 bridgehead atoms. The molecule has 23 heteroatoms. The quantitative estimate of drug-likeness (QED) is 0.0181. The summed E-state index contributed by atoms with van der Waals surface area (Å²) in [4.78, 5) is 90.1. The van der Waals surface area contributed by atoms with E-state index in [9.17, 15) is 49.5 Å². The van der Waals surface area contributed by atoms with Crippen molar-refractivity contribution >= 4 is 99.9 Å². The Bertz CT molecular complexity index is 5000. The van der Waals surface area contributed by atoms with Crippen LogP contribution in [0.5, 0.6) is 28.7 Å². The van der Waals surface area contributed by atoms with Gasteiger partial charge in [0.25, 0.3) is 0 Å². The molecule has 10 aromatic carbocycles. The monoisotopic (exact) mass is 1750 g/mol. The molecule has 0 radical (unpaired) electrons. The largest absolute Gasteiger partial charge is 0.508 e. The molecule has 2 aromatic heterocycles. The van der Waals surface area contributed by atoms with Crippen LogP contribution in [0, 0.1) is 6.92 Å². The molecule has 1 aliphatic rings. The number of phenols is 5. The molecule has 12 aromatic rings. The molecule has 5 N–H and O–H groups in total. The number of amidine groups is 1. The van der Waals surface area contributed by atoms with Gasteiger partial charge in [0.1, 0.15) is 34.6 Å². The summed E-state index contributed by atoms with van der Waals surface area (Å²) in [6.07, 6.45) is 10.2. The second-order valence-corrected chi connectivity index (χ2v) is 34.8. The molecule has 0 atom stereocenters. The first kappa shape index (κ1) is 96.1. The Labute approximate surface area is 751 Å². The summed E-state index contributed by atoms with van der Waals surface area (Å²) < 4.78 is 0. The number of aryl methyl sites for hydroxylation is 1. The van der Waals surface area contributed by atoms with Gasteiger partial charge in [-0.05, 0) is 248 Å². The highest BCUT2D eigenvalue weighted by Crippen LogP contribution is 2.32. The minimum absolute atomic E-state index is 0.0837. The van der Waals surface area contributed by atoms with E-state index in [2.05, 4.69) is 58.3 Å². The number of aliphatic imine (C=N–C) groups is 1. The zero-order valence-electron chi connectivity index (χ0n) is 70.6. The first-order valence-electron chi connectivity index (χ1n) is 41.3.